The number of nitrogens with one attached hydrogen (secondary N) is 1. The number of rotatable bonds is 4. The van der Waals surface area contributed by atoms with Crippen LogP contribution in [0.15, 0.2) is 46.4 Å². The van der Waals surface area contributed by atoms with E-state index in [1.54, 1.807) is 36.4 Å². The molecule has 1 atom stereocenters. The molecule has 8 heteroatoms. The van der Waals surface area contributed by atoms with Crippen LogP contribution in [0.25, 0.3) is 17.4 Å². The summed E-state index contributed by atoms with van der Waals surface area (Å²) >= 11 is 5.86. The van der Waals surface area contributed by atoms with Gasteiger partial charge in [0.2, 0.25) is 0 Å². The van der Waals surface area contributed by atoms with E-state index in [4.69, 9.17) is 16.0 Å². The van der Waals surface area contributed by atoms with E-state index in [0.29, 0.717) is 23.0 Å². The molecule has 134 valence electrons. The zero-order valence-electron chi connectivity index (χ0n) is 13.6. The monoisotopic (exact) mass is 390 g/mol. The van der Waals surface area contributed by atoms with Crippen molar-refractivity contribution in [3.63, 3.8) is 0 Å². The lowest BCUT2D eigenvalue weighted by Crippen LogP contribution is -2.36. The second-order valence-corrected chi connectivity index (χ2v) is 8.62. The summed E-state index contributed by atoms with van der Waals surface area (Å²) in [5.41, 5.74) is 0.666. The Kier molecular flexibility index (Phi) is 5.16. The highest BCUT2D eigenvalue weighted by molar-refractivity contribution is 7.91. The molecule has 2 aromatic rings. The Hall–Kier alpha value is -2.56. The molecule has 0 saturated carbocycles. The first-order valence-corrected chi connectivity index (χ1v) is 10.0. The van der Waals surface area contributed by atoms with E-state index in [1.807, 2.05) is 6.07 Å². The van der Waals surface area contributed by atoms with E-state index in [9.17, 15) is 18.5 Å². The average Bonchev–Trinajstić information content (AvgIpc) is 3.19. The largest absolute Gasteiger partial charge is 0.457 e. The van der Waals surface area contributed by atoms with Crippen LogP contribution in [0, 0.1) is 11.3 Å². The fourth-order valence-corrected chi connectivity index (χ4v) is 4.46. The number of carbonyl (C=O) groups excluding carboxylic acids is 1. The fraction of sp³-hybridized carbons (Fsp3) is 0.222. The molecule has 26 heavy (non-hydrogen) atoms. The molecule has 2 heterocycles. The molecule has 1 amide bonds. The Morgan fingerprint density at radius 1 is 1.27 bits per heavy atom. The van der Waals surface area contributed by atoms with E-state index in [-0.39, 0.29) is 17.1 Å². The predicted octanol–water partition coefficient (Wildman–Crippen LogP) is 2.81. The number of sulfone groups is 1. The van der Waals surface area contributed by atoms with Crippen LogP contribution >= 0.6 is 11.6 Å². The average molecular weight is 391 g/mol. The predicted molar refractivity (Wildman–Crippen MR) is 97.9 cm³/mol. The Morgan fingerprint density at radius 2 is 2.00 bits per heavy atom. The third kappa shape index (κ3) is 4.34. The zero-order valence-corrected chi connectivity index (χ0v) is 15.2. The lowest BCUT2D eigenvalue weighted by atomic mass is 10.2. The van der Waals surface area contributed by atoms with Gasteiger partial charge in [-0.3, -0.25) is 4.79 Å². The minimum absolute atomic E-state index is 0.0478. The van der Waals surface area contributed by atoms with Crippen LogP contribution in [0.1, 0.15) is 12.2 Å². The number of benzene rings is 1. The Balaban J connectivity index is 1.74. The van der Waals surface area contributed by atoms with Gasteiger partial charge in [0, 0.05) is 22.7 Å². The van der Waals surface area contributed by atoms with Crippen LogP contribution in [-0.2, 0) is 14.6 Å². The maximum atomic E-state index is 12.2. The Bertz CT molecular complexity index is 1000. The molecule has 1 fully saturated rings. The van der Waals surface area contributed by atoms with E-state index >= 15 is 0 Å². The summed E-state index contributed by atoms with van der Waals surface area (Å²) in [6.45, 7) is 0. The van der Waals surface area contributed by atoms with E-state index in [0.717, 1.165) is 5.56 Å². The summed E-state index contributed by atoms with van der Waals surface area (Å²) < 4.78 is 28.6. The Morgan fingerprint density at radius 3 is 2.62 bits per heavy atom. The molecule has 0 radical (unpaired) electrons. The van der Waals surface area contributed by atoms with Gasteiger partial charge >= 0.3 is 0 Å². The molecule has 1 aromatic carbocycles. The SMILES string of the molecule is N#C/C(=C\c1ccc(-c2ccc(Cl)cc2)o1)C(=O)N[C@H]1CCS(=O)(=O)C1. The quantitative estimate of drug-likeness (QED) is 0.639. The summed E-state index contributed by atoms with van der Waals surface area (Å²) in [5, 5.41) is 12.4. The van der Waals surface area contributed by atoms with E-state index in [1.165, 1.54) is 6.08 Å². The smallest absolute Gasteiger partial charge is 0.262 e. The fourth-order valence-electron chi connectivity index (χ4n) is 2.66. The zero-order chi connectivity index (χ0) is 18.7. The number of furan rings is 1. The van der Waals surface area contributed by atoms with Crippen molar-refractivity contribution in [2.24, 2.45) is 0 Å². The number of nitriles is 1. The number of carbonyl (C=O) groups is 1. The van der Waals surface area contributed by atoms with Gasteiger partial charge in [0.25, 0.3) is 5.91 Å². The molecule has 3 rings (SSSR count). The molecule has 1 aliphatic heterocycles. The van der Waals surface area contributed by atoms with Crippen LogP contribution < -0.4 is 5.32 Å². The second-order valence-electron chi connectivity index (χ2n) is 5.95. The van der Waals surface area contributed by atoms with Crippen LogP contribution in [-0.4, -0.2) is 31.9 Å². The summed E-state index contributed by atoms with van der Waals surface area (Å²) in [6, 6.07) is 11.8. The number of amides is 1. The highest BCUT2D eigenvalue weighted by atomic mass is 35.5. The summed E-state index contributed by atoms with van der Waals surface area (Å²) in [6.07, 6.45) is 1.69. The van der Waals surface area contributed by atoms with Gasteiger partial charge in [0.15, 0.2) is 9.84 Å². The lowest BCUT2D eigenvalue weighted by Gasteiger charge is -2.09. The maximum absolute atomic E-state index is 12.2. The summed E-state index contributed by atoms with van der Waals surface area (Å²) in [4.78, 5) is 12.2. The topological polar surface area (TPSA) is 100 Å². The van der Waals surface area contributed by atoms with Crippen molar-refractivity contribution < 1.29 is 17.6 Å². The van der Waals surface area contributed by atoms with Gasteiger partial charge in [-0.05, 0) is 42.8 Å². The minimum Gasteiger partial charge on any atom is -0.457 e. The van der Waals surface area contributed by atoms with Gasteiger partial charge < -0.3 is 9.73 Å². The van der Waals surface area contributed by atoms with Crippen molar-refractivity contribution in [3.05, 3.63) is 52.8 Å². The highest BCUT2D eigenvalue weighted by Crippen LogP contribution is 2.25. The number of halogens is 1. The first kappa shape index (κ1) is 18.2. The minimum atomic E-state index is -3.11. The van der Waals surface area contributed by atoms with Crippen molar-refractivity contribution in [2.75, 3.05) is 11.5 Å². The molecule has 1 saturated heterocycles. The normalized spacial score (nSPS) is 19.1. The highest BCUT2D eigenvalue weighted by Gasteiger charge is 2.29. The summed E-state index contributed by atoms with van der Waals surface area (Å²) in [5.74, 6) is 0.262. The molecule has 1 aromatic heterocycles. The molecule has 0 spiro atoms. The van der Waals surface area contributed by atoms with Gasteiger partial charge in [-0.15, -0.1) is 0 Å². The van der Waals surface area contributed by atoms with Crippen LogP contribution in [0.5, 0.6) is 0 Å². The molecule has 0 bridgehead atoms. The number of nitrogens with zero attached hydrogens (tertiary/aromatic N) is 1. The molecule has 1 N–H and O–H groups in total. The first-order chi connectivity index (χ1) is 12.4. The van der Waals surface area contributed by atoms with Crippen LogP contribution in [0.4, 0.5) is 0 Å². The number of hydrogen-bond donors (Lipinski definition) is 1. The number of hydrogen-bond acceptors (Lipinski definition) is 5. The molecular weight excluding hydrogens is 376 g/mol. The van der Waals surface area contributed by atoms with Crippen molar-refractivity contribution >= 4 is 33.4 Å². The van der Waals surface area contributed by atoms with Crippen molar-refractivity contribution in [1.29, 1.82) is 5.26 Å². The van der Waals surface area contributed by atoms with E-state index in [2.05, 4.69) is 5.32 Å². The first-order valence-electron chi connectivity index (χ1n) is 7.85. The van der Waals surface area contributed by atoms with Crippen LogP contribution in [0.3, 0.4) is 0 Å². The van der Waals surface area contributed by atoms with Gasteiger partial charge in [-0.2, -0.15) is 5.26 Å². The molecule has 0 unspecified atom stereocenters. The maximum Gasteiger partial charge on any atom is 0.262 e. The Labute approximate surface area is 156 Å². The molecule has 1 aliphatic rings. The molecule has 0 aliphatic carbocycles. The second kappa shape index (κ2) is 7.36. The lowest BCUT2D eigenvalue weighted by molar-refractivity contribution is -0.117. The van der Waals surface area contributed by atoms with Gasteiger partial charge in [0.05, 0.1) is 11.5 Å². The summed E-state index contributed by atoms with van der Waals surface area (Å²) in [7, 11) is -3.11. The van der Waals surface area contributed by atoms with Gasteiger partial charge in [-0.25, -0.2) is 8.42 Å². The standard InChI is InChI=1S/C18H15ClN2O4S/c19-14-3-1-12(2-4-14)17-6-5-16(25-17)9-13(10-20)18(22)21-15-7-8-26(23,24)11-15/h1-6,9,15H,7-8,11H2,(H,21,22)/b13-9+/t15-/m0/s1. The van der Waals surface area contributed by atoms with Crippen molar-refractivity contribution in [1.82, 2.24) is 5.32 Å². The van der Waals surface area contributed by atoms with Crippen molar-refractivity contribution in [3.8, 4) is 17.4 Å². The van der Waals surface area contributed by atoms with E-state index < -0.39 is 21.8 Å². The van der Waals surface area contributed by atoms with Crippen molar-refractivity contribution in [2.45, 2.75) is 12.5 Å². The molecular formula is C18H15ClN2O4S. The third-order valence-electron chi connectivity index (χ3n) is 3.97. The third-order valence-corrected chi connectivity index (χ3v) is 5.99. The van der Waals surface area contributed by atoms with Gasteiger partial charge in [0.1, 0.15) is 23.2 Å². The van der Waals surface area contributed by atoms with Crippen LogP contribution in [0.2, 0.25) is 5.02 Å². The van der Waals surface area contributed by atoms with Gasteiger partial charge in [-0.1, -0.05) is 11.6 Å². The molecule has 6 nitrogen and oxygen atoms in total.